The van der Waals surface area contributed by atoms with Crippen molar-refractivity contribution in [3.05, 3.63) is 65.9 Å². The number of fused-ring (bicyclic) bond motifs is 1. The molecule has 3 amide bonds. The lowest BCUT2D eigenvalue weighted by Gasteiger charge is -2.25. The third-order valence-corrected chi connectivity index (χ3v) is 7.23. The quantitative estimate of drug-likeness (QED) is 0.0425. The fraction of sp³-hybridized carbons (Fsp3) is 0.345. The van der Waals surface area contributed by atoms with Crippen molar-refractivity contribution in [3.63, 3.8) is 0 Å². The Morgan fingerprint density at radius 3 is 2.18 bits per heavy atom. The highest BCUT2D eigenvalue weighted by Gasteiger charge is 2.31. The fourth-order valence-electron chi connectivity index (χ4n) is 4.48. The van der Waals surface area contributed by atoms with Gasteiger partial charge in [-0.25, -0.2) is 4.79 Å². The van der Waals surface area contributed by atoms with Crippen LogP contribution in [0.25, 0.3) is 10.9 Å². The Hall–Kier alpha value is -4.76. The Morgan fingerprint density at radius 1 is 0.886 bits per heavy atom. The number of nitrogens with two attached hydrogens (primary N) is 3. The number of guanidine groups is 1. The van der Waals surface area contributed by atoms with Gasteiger partial charge in [-0.1, -0.05) is 30.3 Å². The fourth-order valence-corrected chi connectivity index (χ4v) is 4.64. The lowest BCUT2D eigenvalue weighted by Crippen LogP contribution is -2.58. The molecule has 0 saturated heterocycles. The zero-order valence-electron chi connectivity index (χ0n) is 23.9. The number of hydrogen-bond acceptors (Lipinski definition) is 8. The molecule has 0 radical (unpaired) electrons. The number of phenols is 1. The molecule has 0 aliphatic carbocycles. The molecule has 0 fully saturated rings. The van der Waals surface area contributed by atoms with Crippen molar-refractivity contribution in [1.29, 1.82) is 0 Å². The normalized spacial score (nSPS) is 13.7. The molecule has 1 aromatic heterocycles. The number of thiol groups is 1. The summed E-state index contributed by atoms with van der Waals surface area (Å²) in [5.41, 5.74) is 18.6. The zero-order valence-corrected chi connectivity index (χ0v) is 24.8. The molecule has 4 atom stereocenters. The number of aromatic nitrogens is 1. The summed E-state index contributed by atoms with van der Waals surface area (Å²) in [5, 5.41) is 28.2. The van der Waals surface area contributed by atoms with Crippen LogP contribution in [0.3, 0.4) is 0 Å². The minimum Gasteiger partial charge on any atom is -0.508 e. The lowest BCUT2D eigenvalue weighted by atomic mass is 10.0. The summed E-state index contributed by atoms with van der Waals surface area (Å²) in [6.45, 7) is 0.187. The van der Waals surface area contributed by atoms with Gasteiger partial charge in [0.15, 0.2) is 5.96 Å². The van der Waals surface area contributed by atoms with E-state index in [1.54, 1.807) is 18.3 Å². The number of para-hydroxylation sites is 1. The maximum atomic E-state index is 13.6. The molecule has 3 aromatic rings. The second kappa shape index (κ2) is 16.2. The number of nitrogens with one attached hydrogen (secondary N) is 4. The minimum absolute atomic E-state index is 0.00698. The number of carboxylic acids is 1. The van der Waals surface area contributed by atoms with Crippen molar-refractivity contribution >= 4 is 53.2 Å². The van der Waals surface area contributed by atoms with Gasteiger partial charge in [-0.05, 0) is 42.2 Å². The first-order chi connectivity index (χ1) is 21.0. The van der Waals surface area contributed by atoms with Crippen LogP contribution < -0.4 is 33.2 Å². The number of carbonyl (C=O) groups excluding carboxylic acids is 3. The summed E-state index contributed by atoms with van der Waals surface area (Å²) < 4.78 is 0. The van der Waals surface area contributed by atoms with E-state index in [4.69, 9.17) is 17.2 Å². The van der Waals surface area contributed by atoms with Gasteiger partial charge in [-0.3, -0.25) is 19.4 Å². The van der Waals surface area contributed by atoms with E-state index >= 15 is 0 Å². The molecule has 0 bridgehead atoms. The summed E-state index contributed by atoms with van der Waals surface area (Å²) in [4.78, 5) is 58.8. The lowest BCUT2D eigenvalue weighted by molar-refractivity contribution is -0.142. The predicted octanol–water partition coefficient (Wildman–Crippen LogP) is -0.492. The number of amides is 3. The zero-order chi connectivity index (χ0) is 32.2. The Labute approximate surface area is 259 Å². The number of nitrogens with zero attached hydrogens (tertiary/aromatic N) is 1. The molecule has 0 aliphatic heterocycles. The maximum Gasteiger partial charge on any atom is 0.326 e. The van der Waals surface area contributed by atoms with E-state index in [1.807, 2.05) is 24.3 Å². The number of rotatable bonds is 16. The molecular formula is C29H38N8O6S. The van der Waals surface area contributed by atoms with Crippen LogP contribution in [-0.4, -0.2) is 81.3 Å². The second-order valence-electron chi connectivity index (χ2n) is 10.2. The average Bonchev–Trinajstić information content (AvgIpc) is 3.40. The Bertz CT molecular complexity index is 1470. The standard InChI is InChI=1S/C29H38N8O6S/c30-20(15-44)25(39)35-22(6-3-11-33-29(31)32)26(40)36-23(12-16-7-9-18(38)10-8-16)27(41)37-24(28(42)43)13-17-14-34-21-5-2-1-4-19(17)21/h1-2,4-5,7-10,14,20,22-24,34,38,44H,3,6,11-13,15,30H2,(H,35,39)(H,36,40)(H,37,41)(H,42,43)(H4,31,32,33). The first kappa shape index (κ1) is 33.7. The van der Waals surface area contributed by atoms with Crippen LogP contribution in [-0.2, 0) is 32.0 Å². The molecule has 15 heteroatoms. The first-order valence-electron chi connectivity index (χ1n) is 13.9. The highest BCUT2D eigenvalue weighted by molar-refractivity contribution is 7.80. The maximum absolute atomic E-state index is 13.6. The van der Waals surface area contributed by atoms with Crippen molar-refractivity contribution in [2.45, 2.75) is 49.9 Å². The number of aliphatic carboxylic acids is 1. The predicted molar refractivity (Wildman–Crippen MR) is 169 cm³/mol. The second-order valence-corrected chi connectivity index (χ2v) is 10.6. The van der Waals surface area contributed by atoms with E-state index in [2.05, 4.69) is 38.6 Å². The number of carboxylic acid groups (broad SMARTS) is 1. The molecule has 1 heterocycles. The molecular weight excluding hydrogens is 588 g/mol. The van der Waals surface area contributed by atoms with Crippen molar-refractivity contribution in [2.75, 3.05) is 12.3 Å². The highest BCUT2D eigenvalue weighted by atomic mass is 32.1. The van der Waals surface area contributed by atoms with Crippen LogP contribution in [0.2, 0.25) is 0 Å². The van der Waals surface area contributed by atoms with E-state index in [-0.39, 0.29) is 43.3 Å². The van der Waals surface area contributed by atoms with Gasteiger partial charge in [0.25, 0.3) is 0 Å². The summed E-state index contributed by atoms with van der Waals surface area (Å²) in [6.07, 6.45) is 2.05. The van der Waals surface area contributed by atoms with E-state index in [1.165, 1.54) is 12.1 Å². The number of aromatic amines is 1. The number of benzene rings is 2. The molecule has 44 heavy (non-hydrogen) atoms. The first-order valence-corrected chi connectivity index (χ1v) is 14.5. The summed E-state index contributed by atoms with van der Waals surface area (Å²) >= 11 is 4.03. The van der Waals surface area contributed by atoms with Gasteiger partial charge < -0.3 is 48.3 Å². The summed E-state index contributed by atoms with van der Waals surface area (Å²) in [7, 11) is 0. The van der Waals surface area contributed by atoms with Crippen LogP contribution >= 0.6 is 12.6 Å². The van der Waals surface area contributed by atoms with Crippen molar-refractivity contribution in [1.82, 2.24) is 20.9 Å². The number of H-pyrrole nitrogens is 1. The number of phenolic OH excluding ortho intramolecular Hbond substituents is 1. The average molecular weight is 627 g/mol. The Kier molecular flexibility index (Phi) is 12.4. The van der Waals surface area contributed by atoms with Crippen LogP contribution in [0.4, 0.5) is 0 Å². The van der Waals surface area contributed by atoms with Gasteiger partial charge in [0.05, 0.1) is 6.04 Å². The van der Waals surface area contributed by atoms with Gasteiger partial charge in [0.1, 0.15) is 23.9 Å². The summed E-state index contributed by atoms with van der Waals surface area (Å²) in [5.74, 6) is -3.42. The number of aliphatic imine (C=N–C) groups is 1. The van der Waals surface area contributed by atoms with E-state index in [0.717, 1.165) is 10.9 Å². The molecule has 14 nitrogen and oxygen atoms in total. The van der Waals surface area contributed by atoms with Crippen LogP contribution in [0.15, 0.2) is 59.7 Å². The topological polar surface area (TPSA) is 251 Å². The number of hydrogen-bond donors (Lipinski definition) is 10. The van der Waals surface area contributed by atoms with Crippen molar-refractivity contribution in [2.24, 2.45) is 22.2 Å². The monoisotopic (exact) mass is 626 g/mol. The van der Waals surface area contributed by atoms with Crippen LogP contribution in [0.5, 0.6) is 5.75 Å². The van der Waals surface area contributed by atoms with Gasteiger partial charge in [-0.15, -0.1) is 0 Å². The molecule has 3 rings (SSSR count). The van der Waals surface area contributed by atoms with Gasteiger partial charge >= 0.3 is 5.97 Å². The molecule has 4 unspecified atom stereocenters. The van der Waals surface area contributed by atoms with Gasteiger partial charge in [0, 0.05) is 42.2 Å². The van der Waals surface area contributed by atoms with Crippen molar-refractivity contribution in [3.8, 4) is 5.75 Å². The molecule has 0 aliphatic rings. The third kappa shape index (κ3) is 9.91. The van der Waals surface area contributed by atoms with Crippen LogP contribution in [0.1, 0.15) is 24.0 Å². The van der Waals surface area contributed by atoms with Gasteiger partial charge in [-0.2, -0.15) is 12.6 Å². The molecule has 0 saturated carbocycles. The highest BCUT2D eigenvalue weighted by Crippen LogP contribution is 2.19. The van der Waals surface area contributed by atoms with Crippen molar-refractivity contribution < 1.29 is 29.4 Å². The van der Waals surface area contributed by atoms with E-state index in [9.17, 15) is 29.4 Å². The SMILES string of the molecule is NC(N)=NCCCC(NC(=O)C(N)CS)C(=O)NC(Cc1ccc(O)cc1)C(=O)NC(Cc1c[nH]c2ccccc12)C(=O)O. The molecule has 0 spiro atoms. The largest absolute Gasteiger partial charge is 0.508 e. The van der Waals surface area contributed by atoms with Gasteiger partial charge in [0.2, 0.25) is 17.7 Å². The molecule has 236 valence electrons. The number of carbonyl (C=O) groups is 4. The minimum atomic E-state index is -1.32. The Morgan fingerprint density at radius 2 is 1.52 bits per heavy atom. The third-order valence-electron chi connectivity index (χ3n) is 6.83. The smallest absolute Gasteiger partial charge is 0.326 e. The number of aromatic hydroxyl groups is 1. The summed E-state index contributed by atoms with van der Waals surface area (Å²) in [6, 6.07) is 8.71. The van der Waals surface area contributed by atoms with Crippen LogP contribution in [0, 0.1) is 0 Å². The molecule has 12 N–H and O–H groups in total. The van der Waals surface area contributed by atoms with E-state index < -0.39 is 47.9 Å². The molecule has 2 aromatic carbocycles. The van der Waals surface area contributed by atoms with E-state index in [0.29, 0.717) is 17.5 Å². The Balaban J connectivity index is 1.83.